The summed E-state index contributed by atoms with van der Waals surface area (Å²) >= 11 is 0. The van der Waals surface area contributed by atoms with Gasteiger partial charge in [-0.05, 0) is 36.4 Å². The lowest BCUT2D eigenvalue weighted by Gasteiger charge is -2.22. The van der Waals surface area contributed by atoms with E-state index < -0.39 is 0 Å². The molecule has 0 unspecified atom stereocenters. The van der Waals surface area contributed by atoms with Crippen LogP contribution in [0, 0.1) is 0 Å². The summed E-state index contributed by atoms with van der Waals surface area (Å²) in [6.07, 6.45) is 0. The number of anilines is 2. The molecule has 0 aliphatic heterocycles. The lowest BCUT2D eigenvalue weighted by atomic mass is 10.1. The van der Waals surface area contributed by atoms with Gasteiger partial charge < -0.3 is 25.0 Å². The number of nitrogens with zero attached hydrogens (tertiary/aromatic N) is 1. The lowest BCUT2D eigenvalue weighted by Crippen LogP contribution is -2.37. The SMILES string of the molecule is COc1cccc(OC)c1C(=O)NCCN(C(C)=O)c1ccc(NC(C)=O)cc1. The first-order valence-corrected chi connectivity index (χ1v) is 9.02. The highest BCUT2D eigenvalue weighted by Crippen LogP contribution is 2.28. The highest BCUT2D eigenvalue weighted by molar-refractivity contribution is 6.00. The maximum atomic E-state index is 12.6. The van der Waals surface area contributed by atoms with Gasteiger partial charge in [0.05, 0.1) is 14.2 Å². The van der Waals surface area contributed by atoms with Crippen LogP contribution in [-0.4, -0.2) is 45.0 Å². The number of hydrogen-bond acceptors (Lipinski definition) is 5. The van der Waals surface area contributed by atoms with Crippen LogP contribution in [0.15, 0.2) is 42.5 Å². The molecule has 2 aromatic rings. The molecule has 0 aliphatic rings. The van der Waals surface area contributed by atoms with Crippen molar-refractivity contribution in [3.05, 3.63) is 48.0 Å². The number of carbonyl (C=O) groups excluding carboxylic acids is 3. The highest BCUT2D eigenvalue weighted by atomic mass is 16.5. The molecule has 8 heteroatoms. The maximum absolute atomic E-state index is 12.6. The molecule has 0 radical (unpaired) electrons. The topological polar surface area (TPSA) is 97.0 Å². The first-order valence-electron chi connectivity index (χ1n) is 9.02. The van der Waals surface area contributed by atoms with Crippen LogP contribution in [0.1, 0.15) is 24.2 Å². The molecular weight excluding hydrogens is 374 g/mol. The third-order valence-corrected chi connectivity index (χ3v) is 4.16. The number of methoxy groups -OCH3 is 2. The van der Waals surface area contributed by atoms with Gasteiger partial charge in [0.25, 0.3) is 5.91 Å². The van der Waals surface area contributed by atoms with E-state index in [0.29, 0.717) is 28.4 Å². The third kappa shape index (κ3) is 5.71. The predicted molar refractivity (Wildman–Crippen MR) is 111 cm³/mol. The standard InChI is InChI=1S/C21H25N3O5/c1-14(25)23-16-8-10-17(11-9-16)24(15(2)26)13-12-22-21(27)20-18(28-3)6-5-7-19(20)29-4/h5-11H,12-13H2,1-4H3,(H,22,27)(H,23,25). The summed E-state index contributed by atoms with van der Waals surface area (Å²) < 4.78 is 10.5. The minimum atomic E-state index is -0.358. The number of ether oxygens (including phenoxy) is 2. The lowest BCUT2D eigenvalue weighted by molar-refractivity contribution is -0.116. The minimum Gasteiger partial charge on any atom is -0.496 e. The van der Waals surface area contributed by atoms with Crippen molar-refractivity contribution in [1.82, 2.24) is 5.32 Å². The van der Waals surface area contributed by atoms with E-state index in [9.17, 15) is 14.4 Å². The summed E-state index contributed by atoms with van der Waals surface area (Å²) in [4.78, 5) is 37.3. The number of benzene rings is 2. The second-order valence-electron chi connectivity index (χ2n) is 6.19. The summed E-state index contributed by atoms with van der Waals surface area (Å²) in [5.41, 5.74) is 1.60. The van der Waals surface area contributed by atoms with Gasteiger partial charge in [-0.3, -0.25) is 14.4 Å². The molecule has 0 saturated carbocycles. The van der Waals surface area contributed by atoms with Crippen LogP contribution in [0.5, 0.6) is 11.5 Å². The molecule has 0 aromatic heterocycles. The van der Waals surface area contributed by atoms with Gasteiger partial charge in [0.15, 0.2) is 0 Å². The molecule has 0 fully saturated rings. The van der Waals surface area contributed by atoms with Gasteiger partial charge >= 0.3 is 0 Å². The smallest absolute Gasteiger partial charge is 0.258 e. The average molecular weight is 399 g/mol. The van der Waals surface area contributed by atoms with Crippen molar-refractivity contribution < 1.29 is 23.9 Å². The molecule has 0 aliphatic carbocycles. The Hall–Kier alpha value is -3.55. The van der Waals surface area contributed by atoms with E-state index in [1.165, 1.54) is 33.0 Å². The second kappa shape index (κ2) is 10.1. The Bertz CT molecular complexity index is 858. The van der Waals surface area contributed by atoms with Crippen molar-refractivity contribution in [2.24, 2.45) is 0 Å². The van der Waals surface area contributed by atoms with Crippen LogP contribution in [0.2, 0.25) is 0 Å². The van der Waals surface area contributed by atoms with E-state index in [1.54, 1.807) is 42.5 Å². The molecule has 0 atom stereocenters. The molecule has 0 bridgehead atoms. The van der Waals surface area contributed by atoms with Gasteiger partial charge in [-0.15, -0.1) is 0 Å². The van der Waals surface area contributed by atoms with Gasteiger partial charge in [0, 0.05) is 38.3 Å². The summed E-state index contributed by atoms with van der Waals surface area (Å²) in [6, 6.07) is 12.0. The molecule has 2 rings (SSSR count). The Labute approximate surface area is 169 Å². The summed E-state index contributed by atoms with van der Waals surface area (Å²) in [6.45, 7) is 3.38. The Morgan fingerprint density at radius 1 is 0.931 bits per heavy atom. The zero-order chi connectivity index (χ0) is 21.4. The Morgan fingerprint density at radius 3 is 2.00 bits per heavy atom. The third-order valence-electron chi connectivity index (χ3n) is 4.16. The van der Waals surface area contributed by atoms with Crippen molar-refractivity contribution in [2.45, 2.75) is 13.8 Å². The Morgan fingerprint density at radius 2 is 1.52 bits per heavy atom. The first-order chi connectivity index (χ1) is 13.9. The summed E-state index contributed by atoms with van der Waals surface area (Å²) in [5, 5.41) is 5.47. The van der Waals surface area contributed by atoms with Crippen LogP contribution in [-0.2, 0) is 9.59 Å². The van der Waals surface area contributed by atoms with Gasteiger partial charge in [-0.25, -0.2) is 0 Å². The quantitative estimate of drug-likeness (QED) is 0.711. The van der Waals surface area contributed by atoms with Crippen LogP contribution in [0.3, 0.4) is 0 Å². The fourth-order valence-electron chi connectivity index (χ4n) is 2.84. The van der Waals surface area contributed by atoms with E-state index >= 15 is 0 Å². The molecular formula is C21H25N3O5. The molecule has 29 heavy (non-hydrogen) atoms. The number of nitrogens with one attached hydrogen (secondary N) is 2. The normalized spacial score (nSPS) is 10.1. The Kier molecular flexibility index (Phi) is 7.59. The van der Waals surface area contributed by atoms with Crippen molar-refractivity contribution in [3.63, 3.8) is 0 Å². The fraction of sp³-hybridized carbons (Fsp3) is 0.286. The molecule has 2 N–H and O–H groups in total. The van der Waals surface area contributed by atoms with Crippen LogP contribution >= 0.6 is 0 Å². The van der Waals surface area contributed by atoms with Gasteiger partial charge in [0.1, 0.15) is 17.1 Å². The van der Waals surface area contributed by atoms with E-state index in [1.807, 2.05) is 0 Å². The highest BCUT2D eigenvalue weighted by Gasteiger charge is 2.18. The monoisotopic (exact) mass is 399 g/mol. The number of rotatable bonds is 8. The Balaban J connectivity index is 2.06. The molecule has 0 spiro atoms. The number of carbonyl (C=O) groups is 3. The first kappa shape index (κ1) is 21.7. The molecule has 0 saturated heterocycles. The van der Waals surface area contributed by atoms with E-state index in [2.05, 4.69) is 10.6 Å². The largest absolute Gasteiger partial charge is 0.496 e. The zero-order valence-corrected chi connectivity index (χ0v) is 16.9. The zero-order valence-electron chi connectivity index (χ0n) is 16.9. The molecule has 0 heterocycles. The molecule has 154 valence electrons. The average Bonchev–Trinajstić information content (AvgIpc) is 2.70. The molecule has 8 nitrogen and oxygen atoms in total. The predicted octanol–water partition coefficient (Wildman–Crippen LogP) is 2.45. The molecule has 3 amide bonds. The van der Waals surface area contributed by atoms with E-state index in [4.69, 9.17) is 9.47 Å². The van der Waals surface area contributed by atoms with E-state index in [0.717, 1.165) is 0 Å². The summed E-state index contributed by atoms with van der Waals surface area (Å²) in [5.74, 6) is 0.110. The van der Waals surface area contributed by atoms with Crippen molar-refractivity contribution >= 4 is 29.1 Å². The van der Waals surface area contributed by atoms with Crippen LogP contribution in [0.25, 0.3) is 0 Å². The van der Waals surface area contributed by atoms with Gasteiger partial charge in [0.2, 0.25) is 11.8 Å². The van der Waals surface area contributed by atoms with Crippen molar-refractivity contribution in [1.29, 1.82) is 0 Å². The van der Waals surface area contributed by atoms with Crippen LogP contribution < -0.4 is 25.0 Å². The number of amides is 3. The fourth-order valence-corrected chi connectivity index (χ4v) is 2.84. The number of hydrogen-bond donors (Lipinski definition) is 2. The maximum Gasteiger partial charge on any atom is 0.258 e. The summed E-state index contributed by atoms with van der Waals surface area (Å²) in [7, 11) is 2.96. The van der Waals surface area contributed by atoms with Gasteiger partial charge in [-0.1, -0.05) is 6.07 Å². The van der Waals surface area contributed by atoms with E-state index in [-0.39, 0.29) is 30.8 Å². The van der Waals surface area contributed by atoms with Crippen molar-refractivity contribution in [2.75, 3.05) is 37.5 Å². The van der Waals surface area contributed by atoms with Gasteiger partial charge in [-0.2, -0.15) is 0 Å². The van der Waals surface area contributed by atoms with Crippen molar-refractivity contribution in [3.8, 4) is 11.5 Å². The minimum absolute atomic E-state index is 0.165. The second-order valence-corrected chi connectivity index (χ2v) is 6.19. The van der Waals surface area contributed by atoms with Crippen LogP contribution in [0.4, 0.5) is 11.4 Å². The molecule has 2 aromatic carbocycles.